The first-order chi connectivity index (χ1) is 12.0. The Morgan fingerprint density at radius 1 is 1.40 bits per heavy atom. The third kappa shape index (κ3) is 4.90. The SMILES string of the molecule is CC[C@@H](C)Oc1c(/C=N/Nc2ccc([N+](=O)[O-])cn2)cccc1OC. The molecule has 132 valence electrons. The quantitative estimate of drug-likeness (QED) is 0.446. The molecule has 1 heterocycles. The van der Waals surface area contributed by atoms with Gasteiger partial charge in [0.25, 0.3) is 5.69 Å². The first kappa shape index (κ1) is 18.2. The van der Waals surface area contributed by atoms with Crippen LogP contribution in [0, 0.1) is 10.1 Å². The van der Waals surface area contributed by atoms with E-state index in [4.69, 9.17) is 9.47 Å². The van der Waals surface area contributed by atoms with E-state index in [-0.39, 0.29) is 11.8 Å². The molecule has 0 bridgehead atoms. The molecule has 1 atom stereocenters. The number of anilines is 1. The van der Waals surface area contributed by atoms with Crippen LogP contribution in [0.25, 0.3) is 0 Å². The van der Waals surface area contributed by atoms with Crippen LogP contribution in [0.1, 0.15) is 25.8 Å². The molecule has 1 N–H and O–H groups in total. The first-order valence-corrected chi connectivity index (χ1v) is 7.78. The van der Waals surface area contributed by atoms with E-state index in [0.29, 0.717) is 17.3 Å². The van der Waals surface area contributed by atoms with Gasteiger partial charge < -0.3 is 9.47 Å². The van der Waals surface area contributed by atoms with Crippen LogP contribution < -0.4 is 14.9 Å². The molecular formula is C17H20N4O4. The van der Waals surface area contributed by atoms with Crippen LogP contribution in [-0.4, -0.2) is 29.3 Å². The lowest BCUT2D eigenvalue weighted by Gasteiger charge is -2.17. The molecule has 0 saturated carbocycles. The van der Waals surface area contributed by atoms with Gasteiger partial charge in [-0.2, -0.15) is 5.10 Å². The normalized spacial score (nSPS) is 12.0. The van der Waals surface area contributed by atoms with Crippen LogP contribution in [-0.2, 0) is 0 Å². The van der Waals surface area contributed by atoms with Gasteiger partial charge in [-0.3, -0.25) is 15.5 Å². The van der Waals surface area contributed by atoms with Crippen molar-refractivity contribution in [3.05, 3.63) is 52.2 Å². The lowest BCUT2D eigenvalue weighted by Crippen LogP contribution is -2.12. The minimum atomic E-state index is -0.505. The molecule has 0 fully saturated rings. The van der Waals surface area contributed by atoms with Crippen molar-refractivity contribution in [3.63, 3.8) is 0 Å². The van der Waals surface area contributed by atoms with Crippen LogP contribution in [0.5, 0.6) is 11.5 Å². The van der Waals surface area contributed by atoms with Crippen LogP contribution in [0.15, 0.2) is 41.6 Å². The zero-order valence-corrected chi connectivity index (χ0v) is 14.3. The molecule has 0 spiro atoms. The largest absolute Gasteiger partial charge is 0.493 e. The molecule has 0 amide bonds. The van der Waals surface area contributed by atoms with Crippen molar-refractivity contribution in [2.75, 3.05) is 12.5 Å². The predicted octanol–water partition coefficient (Wildman–Crippen LogP) is 3.62. The number of para-hydroxylation sites is 1. The zero-order valence-electron chi connectivity index (χ0n) is 14.3. The fourth-order valence-electron chi connectivity index (χ4n) is 1.93. The van der Waals surface area contributed by atoms with Crippen molar-refractivity contribution in [1.82, 2.24) is 4.98 Å². The number of nitrogens with zero attached hydrogens (tertiary/aromatic N) is 3. The third-order valence-corrected chi connectivity index (χ3v) is 3.46. The highest BCUT2D eigenvalue weighted by Crippen LogP contribution is 2.31. The molecule has 0 unspecified atom stereocenters. The number of aromatic nitrogens is 1. The Morgan fingerprint density at radius 3 is 2.80 bits per heavy atom. The van der Waals surface area contributed by atoms with Crippen molar-refractivity contribution < 1.29 is 14.4 Å². The maximum atomic E-state index is 10.6. The van der Waals surface area contributed by atoms with E-state index in [1.165, 1.54) is 18.3 Å². The lowest BCUT2D eigenvalue weighted by molar-refractivity contribution is -0.385. The second-order valence-electron chi connectivity index (χ2n) is 5.24. The number of pyridine rings is 1. The van der Waals surface area contributed by atoms with Crippen molar-refractivity contribution in [1.29, 1.82) is 0 Å². The minimum absolute atomic E-state index is 0.0350. The fraction of sp³-hybridized carbons (Fsp3) is 0.294. The Hall–Kier alpha value is -3.16. The number of ether oxygens (including phenoxy) is 2. The molecule has 0 radical (unpaired) electrons. The van der Waals surface area contributed by atoms with Crippen LogP contribution >= 0.6 is 0 Å². The van der Waals surface area contributed by atoms with Gasteiger partial charge in [-0.05, 0) is 31.5 Å². The van der Waals surface area contributed by atoms with Gasteiger partial charge in [-0.15, -0.1) is 0 Å². The topological polar surface area (TPSA) is 98.9 Å². The predicted molar refractivity (Wildman–Crippen MR) is 95.5 cm³/mol. The maximum Gasteiger partial charge on any atom is 0.287 e. The van der Waals surface area contributed by atoms with E-state index in [1.807, 2.05) is 32.0 Å². The summed E-state index contributed by atoms with van der Waals surface area (Å²) in [6.07, 6.45) is 3.65. The fourth-order valence-corrected chi connectivity index (χ4v) is 1.93. The zero-order chi connectivity index (χ0) is 18.2. The van der Waals surface area contributed by atoms with Crippen LogP contribution in [0.3, 0.4) is 0 Å². The Morgan fingerprint density at radius 2 is 2.20 bits per heavy atom. The average Bonchev–Trinajstić information content (AvgIpc) is 2.63. The summed E-state index contributed by atoms with van der Waals surface area (Å²) in [5.41, 5.74) is 3.40. The second kappa shape index (κ2) is 8.62. The molecule has 25 heavy (non-hydrogen) atoms. The Balaban J connectivity index is 2.15. The monoisotopic (exact) mass is 344 g/mol. The smallest absolute Gasteiger partial charge is 0.287 e. The number of methoxy groups -OCH3 is 1. The summed E-state index contributed by atoms with van der Waals surface area (Å²) >= 11 is 0. The van der Waals surface area contributed by atoms with Gasteiger partial charge in [0, 0.05) is 11.6 Å². The van der Waals surface area contributed by atoms with Gasteiger partial charge in [0.2, 0.25) is 0 Å². The van der Waals surface area contributed by atoms with E-state index in [1.54, 1.807) is 13.3 Å². The van der Waals surface area contributed by atoms with Gasteiger partial charge in [-0.1, -0.05) is 13.0 Å². The van der Waals surface area contributed by atoms with Gasteiger partial charge in [0.15, 0.2) is 11.5 Å². The minimum Gasteiger partial charge on any atom is -0.493 e. The summed E-state index contributed by atoms with van der Waals surface area (Å²) in [5.74, 6) is 1.63. The molecule has 8 heteroatoms. The summed E-state index contributed by atoms with van der Waals surface area (Å²) in [6.45, 7) is 4.02. The van der Waals surface area contributed by atoms with Crippen molar-refractivity contribution >= 4 is 17.7 Å². The number of hydrogen-bond donors (Lipinski definition) is 1. The highest BCUT2D eigenvalue weighted by molar-refractivity contribution is 5.85. The van der Waals surface area contributed by atoms with E-state index in [2.05, 4.69) is 15.5 Å². The van der Waals surface area contributed by atoms with Crippen LogP contribution in [0.4, 0.5) is 11.5 Å². The Labute approximate surface area is 145 Å². The molecule has 8 nitrogen and oxygen atoms in total. The summed E-state index contributed by atoms with van der Waals surface area (Å²) in [5, 5.41) is 14.7. The summed E-state index contributed by atoms with van der Waals surface area (Å²) in [4.78, 5) is 14.0. The molecule has 0 aliphatic rings. The average molecular weight is 344 g/mol. The molecule has 1 aromatic heterocycles. The van der Waals surface area contributed by atoms with E-state index in [0.717, 1.165) is 12.0 Å². The summed E-state index contributed by atoms with van der Waals surface area (Å²) in [6, 6.07) is 8.36. The summed E-state index contributed by atoms with van der Waals surface area (Å²) < 4.78 is 11.3. The number of hydrazone groups is 1. The van der Waals surface area contributed by atoms with E-state index in [9.17, 15) is 10.1 Å². The van der Waals surface area contributed by atoms with Crippen LogP contribution in [0.2, 0.25) is 0 Å². The van der Waals surface area contributed by atoms with Crippen molar-refractivity contribution in [2.45, 2.75) is 26.4 Å². The molecule has 2 rings (SSSR count). The number of rotatable bonds is 8. The number of nitro groups is 1. The molecule has 0 aliphatic heterocycles. The van der Waals surface area contributed by atoms with Gasteiger partial charge in [0.05, 0.1) is 24.4 Å². The Bertz CT molecular complexity index is 747. The van der Waals surface area contributed by atoms with Gasteiger partial charge >= 0.3 is 0 Å². The molecular weight excluding hydrogens is 324 g/mol. The van der Waals surface area contributed by atoms with E-state index >= 15 is 0 Å². The maximum absolute atomic E-state index is 10.6. The number of hydrogen-bond acceptors (Lipinski definition) is 7. The molecule has 2 aromatic rings. The van der Waals surface area contributed by atoms with E-state index < -0.39 is 4.92 Å². The van der Waals surface area contributed by atoms with Crippen molar-refractivity contribution in [2.24, 2.45) is 5.10 Å². The van der Waals surface area contributed by atoms with Crippen molar-refractivity contribution in [3.8, 4) is 11.5 Å². The molecule has 1 aromatic carbocycles. The standard InChI is InChI=1S/C17H20N4O4/c1-4-12(2)25-17-13(6-5-7-15(17)24-3)10-19-20-16-9-8-14(11-18-16)21(22)23/h5-12H,4H2,1-3H3,(H,18,20)/b19-10+/t12-/m1/s1. The number of benzene rings is 1. The van der Waals surface area contributed by atoms with Gasteiger partial charge in [-0.25, -0.2) is 4.98 Å². The highest BCUT2D eigenvalue weighted by Gasteiger charge is 2.12. The summed E-state index contributed by atoms with van der Waals surface area (Å²) in [7, 11) is 1.58. The van der Waals surface area contributed by atoms with Gasteiger partial charge in [0.1, 0.15) is 12.0 Å². The second-order valence-corrected chi connectivity index (χ2v) is 5.24. The third-order valence-electron chi connectivity index (χ3n) is 3.46. The number of nitrogens with one attached hydrogen (secondary N) is 1. The Kier molecular flexibility index (Phi) is 6.27. The lowest BCUT2D eigenvalue weighted by atomic mass is 10.2. The highest BCUT2D eigenvalue weighted by atomic mass is 16.6. The first-order valence-electron chi connectivity index (χ1n) is 7.78. The molecule has 0 aliphatic carbocycles. The molecule has 0 saturated heterocycles.